The predicted octanol–water partition coefficient (Wildman–Crippen LogP) is 5.64. The molecule has 2 aromatic heterocycles. The average Bonchev–Trinajstić information content (AvgIpc) is 3.42. The molecule has 0 aliphatic heterocycles. The van der Waals surface area contributed by atoms with E-state index < -0.39 is 0 Å². The van der Waals surface area contributed by atoms with Crippen molar-refractivity contribution in [2.45, 2.75) is 6.54 Å². The first kappa shape index (κ1) is 24.3. The Labute approximate surface area is 224 Å². The van der Waals surface area contributed by atoms with Gasteiger partial charge in [-0.1, -0.05) is 63.6 Å². The summed E-state index contributed by atoms with van der Waals surface area (Å²) in [6, 6.07) is 15.8. The van der Waals surface area contributed by atoms with Crippen LogP contribution in [0.15, 0.2) is 59.6 Å². The highest BCUT2D eigenvalue weighted by Crippen LogP contribution is 2.29. The molecule has 0 saturated carbocycles. The third-order valence-corrected chi connectivity index (χ3v) is 6.57. The topological polar surface area (TPSA) is 106 Å². The van der Waals surface area contributed by atoms with Gasteiger partial charge in [-0.25, -0.2) is 4.99 Å². The Morgan fingerprint density at radius 1 is 0.972 bits per heavy atom. The number of amides is 1. The number of tetrazole rings is 1. The minimum Gasteiger partial charge on any atom is -0.313 e. The van der Waals surface area contributed by atoms with Gasteiger partial charge in [0.15, 0.2) is 0 Å². The van der Waals surface area contributed by atoms with Gasteiger partial charge in [-0.05, 0) is 53.2 Å². The lowest BCUT2D eigenvalue weighted by atomic mass is 10.1. The van der Waals surface area contributed by atoms with Crippen LogP contribution in [0.1, 0.15) is 15.9 Å². The molecule has 0 spiro atoms. The number of hydrogen-bond acceptors (Lipinski definition) is 5. The van der Waals surface area contributed by atoms with Crippen LogP contribution in [0.3, 0.4) is 0 Å². The number of fused-ring (bicyclic) bond motifs is 1. The van der Waals surface area contributed by atoms with Gasteiger partial charge in [0.25, 0.3) is 11.9 Å². The fraction of sp³-hybridized carbons (Fsp3) is 0.0870. The van der Waals surface area contributed by atoms with Gasteiger partial charge in [-0.2, -0.15) is 5.21 Å². The quantitative estimate of drug-likeness (QED) is 0.289. The van der Waals surface area contributed by atoms with E-state index in [-0.39, 0.29) is 11.9 Å². The molecule has 36 heavy (non-hydrogen) atoms. The number of H-pyrrole nitrogens is 1. The number of aromatic amines is 1. The van der Waals surface area contributed by atoms with Crippen LogP contribution in [0.25, 0.3) is 11.0 Å². The van der Waals surface area contributed by atoms with Gasteiger partial charge >= 0.3 is 0 Å². The summed E-state index contributed by atoms with van der Waals surface area (Å²) >= 11 is 25.1. The molecule has 9 nitrogen and oxygen atoms in total. The number of halogens is 4. The molecule has 5 rings (SSSR count). The van der Waals surface area contributed by atoms with Crippen molar-refractivity contribution in [2.75, 3.05) is 5.32 Å². The van der Waals surface area contributed by atoms with E-state index >= 15 is 0 Å². The van der Waals surface area contributed by atoms with Crippen LogP contribution >= 0.6 is 46.4 Å². The van der Waals surface area contributed by atoms with Crippen LogP contribution in [0.2, 0.25) is 20.1 Å². The minimum absolute atomic E-state index is 0.0956. The summed E-state index contributed by atoms with van der Waals surface area (Å²) in [5.74, 6) is -0.256. The zero-order valence-electron chi connectivity index (χ0n) is 18.5. The first-order valence-electron chi connectivity index (χ1n) is 10.5. The van der Waals surface area contributed by atoms with Crippen molar-refractivity contribution in [3.05, 3.63) is 91.4 Å². The van der Waals surface area contributed by atoms with Crippen molar-refractivity contribution in [3.63, 3.8) is 0 Å². The molecular weight excluding hydrogens is 546 g/mol. The lowest BCUT2D eigenvalue weighted by Crippen LogP contribution is -2.24. The van der Waals surface area contributed by atoms with E-state index in [1.54, 1.807) is 42.5 Å². The van der Waals surface area contributed by atoms with Gasteiger partial charge in [0, 0.05) is 22.7 Å². The Bertz CT molecular complexity index is 1640. The van der Waals surface area contributed by atoms with Crippen molar-refractivity contribution < 1.29 is 4.79 Å². The Kier molecular flexibility index (Phi) is 6.72. The average molecular weight is 562 g/mol. The van der Waals surface area contributed by atoms with E-state index in [0.29, 0.717) is 43.5 Å². The Morgan fingerprint density at radius 2 is 1.64 bits per heavy atom. The summed E-state index contributed by atoms with van der Waals surface area (Å²) < 4.78 is 3.92. The molecule has 2 N–H and O–H groups in total. The summed E-state index contributed by atoms with van der Waals surface area (Å²) in [4.78, 5) is 17.3. The lowest BCUT2D eigenvalue weighted by molar-refractivity contribution is 0.102. The number of nitrogens with one attached hydrogen (secondary N) is 2. The lowest BCUT2D eigenvalue weighted by Gasteiger charge is -2.08. The van der Waals surface area contributed by atoms with Gasteiger partial charge in [0.05, 0.1) is 33.3 Å². The van der Waals surface area contributed by atoms with Crippen molar-refractivity contribution in [2.24, 2.45) is 12.0 Å². The van der Waals surface area contributed by atoms with Crippen LogP contribution in [0.4, 0.5) is 11.6 Å². The monoisotopic (exact) mass is 560 g/mol. The standard InChI is InChI=1S/C23H16Cl4N8O/c1-34-19-9-17(26)18(27)10-20(19)35(23(34)28-16-7-14(24)6-15(25)8-16)11-12-2-4-13(5-3-12)21(36)29-22-30-32-33-31-22/h2-10H,11H2,1H3,(H2,29,30,31,32,33,36). The number of benzene rings is 3. The maximum atomic E-state index is 12.4. The smallest absolute Gasteiger partial charge is 0.270 e. The van der Waals surface area contributed by atoms with Crippen LogP contribution in [0.5, 0.6) is 0 Å². The molecule has 0 unspecified atom stereocenters. The molecule has 5 aromatic rings. The summed E-state index contributed by atoms with van der Waals surface area (Å²) in [7, 11) is 1.89. The van der Waals surface area contributed by atoms with E-state index in [0.717, 1.165) is 16.6 Å². The highest BCUT2D eigenvalue weighted by Gasteiger charge is 2.14. The maximum absolute atomic E-state index is 12.4. The number of hydrogen-bond donors (Lipinski definition) is 2. The first-order valence-corrected chi connectivity index (χ1v) is 12.0. The molecule has 13 heteroatoms. The zero-order valence-corrected chi connectivity index (χ0v) is 21.5. The van der Waals surface area contributed by atoms with Gasteiger partial charge in [-0.15, -0.1) is 5.10 Å². The summed E-state index contributed by atoms with van der Waals surface area (Å²) in [5, 5.41) is 17.5. The number of carbonyl (C=O) groups is 1. The van der Waals surface area contributed by atoms with Crippen molar-refractivity contribution in [3.8, 4) is 0 Å². The van der Waals surface area contributed by atoms with E-state index in [1.807, 2.05) is 28.3 Å². The largest absolute Gasteiger partial charge is 0.313 e. The minimum atomic E-state index is -0.351. The number of imidazole rings is 1. The number of anilines is 1. The van der Waals surface area contributed by atoms with E-state index in [1.165, 1.54) is 0 Å². The van der Waals surface area contributed by atoms with Crippen molar-refractivity contribution in [1.82, 2.24) is 29.8 Å². The van der Waals surface area contributed by atoms with Gasteiger partial charge in [0.1, 0.15) is 0 Å². The van der Waals surface area contributed by atoms with Crippen LogP contribution < -0.4 is 10.9 Å². The molecule has 3 aromatic carbocycles. The maximum Gasteiger partial charge on any atom is 0.270 e. The molecule has 2 heterocycles. The fourth-order valence-corrected chi connectivity index (χ4v) is 4.58. The molecule has 0 bridgehead atoms. The van der Waals surface area contributed by atoms with Crippen LogP contribution in [-0.2, 0) is 13.6 Å². The molecule has 0 atom stereocenters. The number of aryl methyl sites for hydroxylation is 1. The zero-order chi connectivity index (χ0) is 25.4. The van der Waals surface area contributed by atoms with E-state index in [4.69, 9.17) is 51.4 Å². The number of nitrogens with zero attached hydrogens (tertiary/aromatic N) is 6. The summed E-state index contributed by atoms with van der Waals surface area (Å²) in [6.07, 6.45) is 0. The molecule has 0 aliphatic rings. The van der Waals surface area contributed by atoms with Crippen molar-refractivity contribution in [1.29, 1.82) is 0 Å². The third kappa shape index (κ3) is 4.96. The highest BCUT2D eigenvalue weighted by molar-refractivity contribution is 6.42. The molecule has 0 fully saturated rings. The first-order chi connectivity index (χ1) is 17.3. The van der Waals surface area contributed by atoms with Gasteiger partial charge in [0.2, 0.25) is 5.62 Å². The summed E-state index contributed by atoms with van der Waals surface area (Å²) in [6.45, 7) is 0.440. The molecular formula is C23H16Cl4N8O. The van der Waals surface area contributed by atoms with Gasteiger partial charge < -0.3 is 9.13 Å². The molecule has 0 radical (unpaired) electrons. The number of rotatable bonds is 5. The normalized spacial score (nSPS) is 11.9. The predicted molar refractivity (Wildman–Crippen MR) is 140 cm³/mol. The fourth-order valence-electron chi connectivity index (χ4n) is 3.75. The van der Waals surface area contributed by atoms with Gasteiger partial charge in [-0.3, -0.25) is 10.1 Å². The number of carbonyl (C=O) groups excluding carboxylic acids is 1. The SMILES string of the molecule is Cn1c(=Nc2cc(Cl)cc(Cl)c2)n(Cc2ccc(C(=O)Nc3nn[nH]n3)cc2)c2cc(Cl)c(Cl)cc21. The van der Waals surface area contributed by atoms with Crippen LogP contribution in [-0.4, -0.2) is 35.7 Å². The molecule has 182 valence electrons. The second kappa shape index (κ2) is 9.94. The summed E-state index contributed by atoms with van der Waals surface area (Å²) in [5.41, 5.74) is 4.26. The Morgan fingerprint density at radius 3 is 2.28 bits per heavy atom. The van der Waals surface area contributed by atoms with E-state index in [2.05, 4.69) is 25.9 Å². The highest BCUT2D eigenvalue weighted by atomic mass is 35.5. The second-order valence-electron chi connectivity index (χ2n) is 7.83. The van der Waals surface area contributed by atoms with E-state index in [9.17, 15) is 4.79 Å². The number of aromatic nitrogens is 6. The second-order valence-corrected chi connectivity index (χ2v) is 9.51. The molecule has 0 saturated heterocycles. The molecule has 0 aliphatic carbocycles. The molecule has 1 amide bonds. The Balaban J connectivity index is 1.57. The third-order valence-electron chi connectivity index (χ3n) is 5.41. The Hall–Kier alpha value is -3.37. The van der Waals surface area contributed by atoms with Crippen LogP contribution in [0, 0.1) is 0 Å². The van der Waals surface area contributed by atoms with Crippen molar-refractivity contribution >= 4 is 75.0 Å².